The number of aliphatic hydroxyl groups excluding tert-OH is 4. The summed E-state index contributed by atoms with van der Waals surface area (Å²) in [6.07, 6.45) is -1.68. The van der Waals surface area contributed by atoms with E-state index in [2.05, 4.69) is 12.6 Å². The van der Waals surface area contributed by atoms with Crippen LogP contribution in [0.15, 0.2) is 12.2 Å². The fourth-order valence-corrected chi connectivity index (χ4v) is 1.77. The minimum Gasteiger partial charge on any atom is -0.394 e. The number of rotatable bonds is 6. The van der Waals surface area contributed by atoms with E-state index in [9.17, 15) is 15.3 Å². The zero-order valence-corrected chi connectivity index (χ0v) is 10.8. The van der Waals surface area contributed by atoms with Crippen LogP contribution in [0.5, 0.6) is 0 Å². The lowest BCUT2D eigenvalue weighted by molar-refractivity contribution is -0.298. The van der Waals surface area contributed by atoms with Crippen LogP contribution < -0.4 is 0 Å². The molecule has 0 spiro atoms. The van der Waals surface area contributed by atoms with Crippen LogP contribution >= 0.6 is 12.6 Å². The molecule has 18 heavy (non-hydrogen) atoms. The summed E-state index contributed by atoms with van der Waals surface area (Å²) in [7, 11) is 0. The molecule has 0 amide bonds. The Bertz CT molecular complexity index is 260. The molecular weight excluding hydrogens is 260 g/mol. The molecule has 0 saturated carbocycles. The largest absolute Gasteiger partial charge is 0.394 e. The van der Waals surface area contributed by atoms with Gasteiger partial charge in [-0.25, -0.2) is 0 Å². The molecule has 5 atom stereocenters. The van der Waals surface area contributed by atoms with E-state index in [4.69, 9.17) is 14.6 Å². The Morgan fingerprint density at radius 3 is 2.44 bits per heavy atom. The topological polar surface area (TPSA) is 99.4 Å². The summed E-state index contributed by atoms with van der Waals surface area (Å²) in [6, 6.07) is 0. The lowest BCUT2D eigenvalue weighted by atomic mass is 9.99. The first-order chi connectivity index (χ1) is 8.61. The van der Waals surface area contributed by atoms with Gasteiger partial charge in [-0.1, -0.05) is 12.2 Å². The summed E-state index contributed by atoms with van der Waals surface area (Å²) in [4.78, 5) is 0. The number of thiol groups is 1. The first-order valence-electron chi connectivity index (χ1n) is 5.79. The highest BCUT2D eigenvalue weighted by Crippen LogP contribution is 2.21. The van der Waals surface area contributed by atoms with E-state index in [0.717, 1.165) is 12.2 Å². The van der Waals surface area contributed by atoms with E-state index in [0.29, 0.717) is 0 Å². The monoisotopic (exact) mass is 280 g/mol. The van der Waals surface area contributed by atoms with Crippen molar-refractivity contribution in [2.75, 3.05) is 19.0 Å². The third kappa shape index (κ3) is 4.20. The summed E-state index contributed by atoms with van der Waals surface area (Å²) >= 11 is 4.04. The SMILES string of the molecule is OCC1O[C@@H](OC/C=C/CCS)C(O)[C@@H](O)[C@H]1O. The fraction of sp³-hybridized carbons (Fsp3) is 0.818. The second-order valence-corrected chi connectivity index (χ2v) is 4.46. The average molecular weight is 280 g/mol. The maximum absolute atomic E-state index is 9.65. The molecule has 1 aliphatic heterocycles. The standard InChI is InChI=1S/C11H20O6S/c12-6-7-8(13)9(14)10(15)11(17-7)16-4-2-1-3-5-18/h1-2,7-15,18H,3-6H2/b2-1+/t7?,8-,9-,10?,11+/m0/s1. The van der Waals surface area contributed by atoms with Gasteiger partial charge in [-0.2, -0.15) is 12.6 Å². The molecule has 6 nitrogen and oxygen atoms in total. The molecule has 0 aromatic heterocycles. The molecule has 1 heterocycles. The van der Waals surface area contributed by atoms with Gasteiger partial charge >= 0.3 is 0 Å². The fourth-order valence-electron chi connectivity index (χ4n) is 1.62. The van der Waals surface area contributed by atoms with E-state index in [1.165, 1.54) is 0 Å². The normalized spacial score (nSPS) is 37.3. The van der Waals surface area contributed by atoms with Gasteiger partial charge in [0.1, 0.15) is 24.4 Å². The van der Waals surface area contributed by atoms with Gasteiger partial charge in [0.05, 0.1) is 13.2 Å². The molecule has 0 radical (unpaired) electrons. The zero-order valence-electron chi connectivity index (χ0n) is 9.92. The lowest BCUT2D eigenvalue weighted by Gasteiger charge is -2.39. The highest BCUT2D eigenvalue weighted by atomic mass is 32.1. The van der Waals surface area contributed by atoms with E-state index in [1.54, 1.807) is 6.08 Å². The van der Waals surface area contributed by atoms with Crippen LogP contribution in [0.1, 0.15) is 6.42 Å². The van der Waals surface area contributed by atoms with Crippen molar-refractivity contribution in [1.29, 1.82) is 0 Å². The molecule has 0 bridgehead atoms. The van der Waals surface area contributed by atoms with Crippen LogP contribution in [0, 0.1) is 0 Å². The molecule has 7 heteroatoms. The molecule has 0 aromatic rings. The maximum atomic E-state index is 9.65. The maximum Gasteiger partial charge on any atom is 0.187 e. The summed E-state index contributed by atoms with van der Waals surface area (Å²) in [6.45, 7) is -0.253. The van der Waals surface area contributed by atoms with Gasteiger partial charge in [0, 0.05) is 0 Å². The Morgan fingerprint density at radius 2 is 1.83 bits per heavy atom. The summed E-state index contributed by atoms with van der Waals surface area (Å²) in [5, 5.41) is 37.7. The molecule has 2 unspecified atom stereocenters. The third-order valence-corrected chi connectivity index (χ3v) is 2.93. The number of allylic oxidation sites excluding steroid dienone is 1. The number of hydrogen-bond acceptors (Lipinski definition) is 7. The van der Waals surface area contributed by atoms with E-state index in [-0.39, 0.29) is 6.61 Å². The minimum absolute atomic E-state index is 0.205. The van der Waals surface area contributed by atoms with Gasteiger partial charge in [0.25, 0.3) is 0 Å². The minimum atomic E-state index is -1.40. The van der Waals surface area contributed by atoms with Gasteiger partial charge in [0.15, 0.2) is 6.29 Å². The molecule has 106 valence electrons. The first-order valence-corrected chi connectivity index (χ1v) is 6.43. The second-order valence-electron chi connectivity index (χ2n) is 4.01. The van der Waals surface area contributed by atoms with Crippen molar-refractivity contribution in [3.05, 3.63) is 12.2 Å². The summed E-state index contributed by atoms with van der Waals surface area (Å²) in [5.41, 5.74) is 0. The number of aliphatic hydroxyl groups is 4. The van der Waals surface area contributed by atoms with Crippen LogP contribution in [0.3, 0.4) is 0 Å². The summed E-state index contributed by atoms with van der Waals surface area (Å²) < 4.78 is 10.4. The van der Waals surface area contributed by atoms with E-state index >= 15 is 0 Å². The van der Waals surface area contributed by atoms with Crippen LogP contribution in [-0.4, -0.2) is 70.1 Å². The Morgan fingerprint density at radius 1 is 1.11 bits per heavy atom. The van der Waals surface area contributed by atoms with Crippen LogP contribution in [0.4, 0.5) is 0 Å². The quantitative estimate of drug-likeness (QED) is 0.306. The van der Waals surface area contributed by atoms with Gasteiger partial charge in [-0.15, -0.1) is 0 Å². The summed E-state index contributed by atoms with van der Waals surface area (Å²) in [5.74, 6) is 0.733. The van der Waals surface area contributed by atoms with Gasteiger partial charge in [0.2, 0.25) is 0 Å². The van der Waals surface area contributed by atoms with Crippen molar-refractivity contribution in [3.8, 4) is 0 Å². The second kappa shape index (κ2) is 8.11. The smallest absolute Gasteiger partial charge is 0.187 e. The average Bonchev–Trinajstić information content (AvgIpc) is 2.38. The molecule has 1 aliphatic rings. The molecule has 1 rings (SSSR count). The Labute approximate surface area is 111 Å². The number of ether oxygens (including phenoxy) is 2. The van der Waals surface area contributed by atoms with Crippen molar-refractivity contribution < 1.29 is 29.9 Å². The first kappa shape index (κ1) is 15.9. The van der Waals surface area contributed by atoms with Gasteiger partial charge < -0.3 is 29.9 Å². The molecule has 0 aliphatic carbocycles. The van der Waals surface area contributed by atoms with Crippen LogP contribution in [0.25, 0.3) is 0 Å². The van der Waals surface area contributed by atoms with Crippen LogP contribution in [-0.2, 0) is 9.47 Å². The number of hydrogen-bond donors (Lipinski definition) is 5. The van der Waals surface area contributed by atoms with Crippen molar-refractivity contribution in [1.82, 2.24) is 0 Å². The van der Waals surface area contributed by atoms with Gasteiger partial charge in [-0.05, 0) is 12.2 Å². The Hall–Kier alpha value is -0.150. The Kier molecular flexibility index (Phi) is 7.16. The van der Waals surface area contributed by atoms with E-state index in [1.807, 2.05) is 6.08 Å². The molecular formula is C11H20O6S. The highest BCUT2D eigenvalue weighted by molar-refractivity contribution is 7.80. The van der Waals surface area contributed by atoms with Crippen molar-refractivity contribution in [3.63, 3.8) is 0 Å². The van der Waals surface area contributed by atoms with E-state index < -0.39 is 37.3 Å². The lowest BCUT2D eigenvalue weighted by Crippen LogP contribution is -2.59. The zero-order chi connectivity index (χ0) is 13.5. The van der Waals surface area contributed by atoms with Crippen molar-refractivity contribution in [2.45, 2.75) is 37.1 Å². The Balaban J connectivity index is 2.44. The molecule has 1 fully saturated rings. The molecule has 4 N–H and O–H groups in total. The molecule has 1 saturated heterocycles. The highest BCUT2D eigenvalue weighted by Gasteiger charge is 2.43. The van der Waals surface area contributed by atoms with Crippen molar-refractivity contribution in [2.24, 2.45) is 0 Å². The van der Waals surface area contributed by atoms with Gasteiger partial charge in [-0.3, -0.25) is 0 Å². The predicted molar refractivity (Wildman–Crippen MR) is 67.3 cm³/mol. The molecule has 0 aromatic carbocycles. The third-order valence-electron chi connectivity index (χ3n) is 2.67. The van der Waals surface area contributed by atoms with Crippen molar-refractivity contribution >= 4 is 12.6 Å². The van der Waals surface area contributed by atoms with Crippen LogP contribution in [0.2, 0.25) is 0 Å². The predicted octanol–water partition coefficient (Wildman–Crippen LogP) is -1.32.